The molecule has 156 valence electrons. The van der Waals surface area contributed by atoms with E-state index in [1.54, 1.807) is 19.2 Å². The largest absolute Gasteiger partial charge is 0.444 e. The lowest BCUT2D eigenvalue weighted by Gasteiger charge is -2.23. The fourth-order valence-electron chi connectivity index (χ4n) is 2.84. The van der Waals surface area contributed by atoms with Gasteiger partial charge < -0.3 is 26.0 Å². The molecule has 2 amide bonds. The van der Waals surface area contributed by atoms with Gasteiger partial charge in [-0.1, -0.05) is 12.1 Å². The molecular formula is C19H30IN5O3. The molecular weight excluding hydrogens is 473 g/mol. The molecule has 1 aromatic carbocycles. The van der Waals surface area contributed by atoms with Gasteiger partial charge in [0.1, 0.15) is 5.60 Å². The Hall–Kier alpha value is -2.04. The van der Waals surface area contributed by atoms with Gasteiger partial charge in [-0.15, -0.1) is 24.0 Å². The monoisotopic (exact) mass is 503 g/mol. The van der Waals surface area contributed by atoms with Gasteiger partial charge in [0.2, 0.25) is 5.91 Å². The number of nitrogens with one attached hydrogen (secondary N) is 2. The van der Waals surface area contributed by atoms with Crippen LogP contribution in [0.3, 0.4) is 0 Å². The highest BCUT2D eigenvalue weighted by Gasteiger charge is 2.27. The van der Waals surface area contributed by atoms with Crippen molar-refractivity contribution in [1.82, 2.24) is 15.5 Å². The number of likely N-dealkylation sites (tertiary alicyclic amines) is 1. The highest BCUT2D eigenvalue weighted by Crippen LogP contribution is 2.12. The third-order valence-corrected chi connectivity index (χ3v) is 4.11. The minimum atomic E-state index is -0.510. The number of rotatable bonds is 4. The van der Waals surface area contributed by atoms with Crippen LogP contribution in [0.5, 0.6) is 0 Å². The summed E-state index contributed by atoms with van der Waals surface area (Å²) < 4.78 is 5.31. The lowest BCUT2D eigenvalue weighted by atomic mass is 10.1. The van der Waals surface area contributed by atoms with E-state index in [0.717, 1.165) is 24.5 Å². The highest BCUT2D eigenvalue weighted by atomic mass is 127. The first-order valence-electron chi connectivity index (χ1n) is 9.02. The van der Waals surface area contributed by atoms with Gasteiger partial charge in [0.25, 0.3) is 0 Å². The van der Waals surface area contributed by atoms with E-state index in [9.17, 15) is 9.59 Å². The topological polar surface area (TPSA) is 109 Å². The van der Waals surface area contributed by atoms with E-state index in [1.165, 1.54) is 0 Å². The number of alkyl carbamates (subject to hydrolysis) is 1. The van der Waals surface area contributed by atoms with E-state index < -0.39 is 17.6 Å². The zero-order valence-electron chi connectivity index (χ0n) is 16.8. The van der Waals surface area contributed by atoms with E-state index in [4.69, 9.17) is 10.5 Å². The molecule has 0 spiro atoms. The van der Waals surface area contributed by atoms with Gasteiger partial charge in [0.05, 0.1) is 6.04 Å². The zero-order chi connectivity index (χ0) is 20.0. The van der Waals surface area contributed by atoms with Gasteiger partial charge >= 0.3 is 6.09 Å². The molecule has 1 saturated heterocycles. The quantitative estimate of drug-likeness (QED) is 0.331. The first kappa shape index (κ1) is 24.0. The SMILES string of the molecule is CN=C(NCc1ccc(C(N)=O)cc1)N1CCC(NC(=O)OC(C)(C)C)C1.I. The maximum absolute atomic E-state index is 11.9. The highest BCUT2D eigenvalue weighted by molar-refractivity contribution is 14.0. The van der Waals surface area contributed by atoms with E-state index in [0.29, 0.717) is 18.7 Å². The summed E-state index contributed by atoms with van der Waals surface area (Å²) in [5.41, 5.74) is 6.24. The number of carbonyl (C=O) groups is 2. The third kappa shape index (κ3) is 7.53. The fourth-order valence-corrected chi connectivity index (χ4v) is 2.84. The molecule has 8 nitrogen and oxygen atoms in total. The zero-order valence-corrected chi connectivity index (χ0v) is 19.2. The smallest absolute Gasteiger partial charge is 0.407 e. The normalized spacial score (nSPS) is 16.9. The van der Waals surface area contributed by atoms with Crippen LogP contribution >= 0.6 is 24.0 Å². The molecule has 0 radical (unpaired) electrons. The average Bonchev–Trinajstić information content (AvgIpc) is 3.02. The number of ether oxygens (including phenoxy) is 1. The maximum Gasteiger partial charge on any atom is 0.407 e. The molecule has 2 rings (SSSR count). The predicted octanol–water partition coefficient (Wildman–Crippen LogP) is 2.08. The van der Waals surface area contributed by atoms with Crippen LogP contribution in [-0.2, 0) is 11.3 Å². The number of amides is 2. The maximum atomic E-state index is 11.9. The number of hydrogen-bond donors (Lipinski definition) is 3. The lowest BCUT2D eigenvalue weighted by Crippen LogP contribution is -2.44. The van der Waals surface area contributed by atoms with Crippen LogP contribution in [0.25, 0.3) is 0 Å². The van der Waals surface area contributed by atoms with Crippen LogP contribution in [0.15, 0.2) is 29.3 Å². The molecule has 0 aromatic heterocycles. The Morgan fingerprint density at radius 1 is 1.29 bits per heavy atom. The Labute approximate surface area is 183 Å². The Balaban J connectivity index is 0.00000392. The molecule has 0 saturated carbocycles. The second kappa shape index (κ2) is 10.5. The minimum Gasteiger partial charge on any atom is -0.444 e. The number of carbonyl (C=O) groups excluding carboxylic acids is 2. The van der Waals surface area contributed by atoms with Crippen molar-refractivity contribution < 1.29 is 14.3 Å². The van der Waals surface area contributed by atoms with Gasteiger partial charge in [-0.05, 0) is 44.9 Å². The van der Waals surface area contributed by atoms with Crippen LogP contribution in [0.2, 0.25) is 0 Å². The van der Waals surface area contributed by atoms with Crippen molar-refractivity contribution in [1.29, 1.82) is 0 Å². The number of benzene rings is 1. The standard InChI is InChI=1S/C19H29N5O3.HI/c1-19(2,3)27-18(26)23-15-9-10-24(12-15)17(21-4)22-11-13-5-7-14(8-6-13)16(20)25;/h5-8,15H,9-12H2,1-4H3,(H2,20,25)(H,21,22)(H,23,26);1H. The molecule has 0 aliphatic carbocycles. The van der Waals surface area contributed by atoms with Crippen LogP contribution < -0.4 is 16.4 Å². The minimum absolute atomic E-state index is 0. The van der Waals surface area contributed by atoms with Gasteiger partial charge in [-0.3, -0.25) is 9.79 Å². The lowest BCUT2D eigenvalue weighted by molar-refractivity contribution is 0.0507. The summed E-state index contributed by atoms with van der Waals surface area (Å²) >= 11 is 0. The van der Waals surface area contributed by atoms with Crippen LogP contribution in [0.4, 0.5) is 4.79 Å². The Bertz CT molecular complexity index is 701. The summed E-state index contributed by atoms with van der Waals surface area (Å²) in [6.45, 7) is 7.56. The van der Waals surface area contributed by atoms with Crippen LogP contribution in [-0.4, -0.2) is 54.6 Å². The van der Waals surface area contributed by atoms with Gasteiger partial charge in [0.15, 0.2) is 5.96 Å². The van der Waals surface area contributed by atoms with Crippen molar-refractivity contribution in [2.24, 2.45) is 10.7 Å². The number of hydrogen-bond acceptors (Lipinski definition) is 4. The second-order valence-corrected chi connectivity index (χ2v) is 7.54. The first-order chi connectivity index (χ1) is 12.7. The molecule has 28 heavy (non-hydrogen) atoms. The Morgan fingerprint density at radius 2 is 1.93 bits per heavy atom. The number of nitrogens with zero attached hydrogens (tertiary/aromatic N) is 2. The second-order valence-electron chi connectivity index (χ2n) is 7.54. The van der Waals surface area contributed by atoms with Crippen molar-refractivity contribution in [3.8, 4) is 0 Å². The van der Waals surface area contributed by atoms with E-state index in [-0.39, 0.29) is 30.0 Å². The molecule has 0 bridgehead atoms. The molecule has 1 unspecified atom stereocenters. The molecule has 4 N–H and O–H groups in total. The van der Waals surface area contributed by atoms with Gasteiger partial charge in [0, 0.05) is 32.2 Å². The van der Waals surface area contributed by atoms with Crippen molar-refractivity contribution >= 4 is 41.9 Å². The number of nitrogens with two attached hydrogens (primary N) is 1. The number of aliphatic imine (C=N–C) groups is 1. The van der Waals surface area contributed by atoms with Crippen LogP contribution in [0.1, 0.15) is 43.1 Å². The molecule has 1 aliphatic heterocycles. The number of primary amides is 1. The Morgan fingerprint density at radius 3 is 2.46 bits per heavy atom. The van der Waals surface area contributed by atoms with Crippen LogP contribution in [0, 0.1) is 0 Å². The van der Waals surface area contributed by atoms with Gasteiger partial charge in [-0.2, -0.15) is 0 Å². The Kier molecular flexibility index (Phi) is 8.99. The summed E-state index contributed by atoms with van der Waals surface area (Å²) in [5.74, 6) is 0.327. The fraction of sp³-hybridized carbons (Fsp3) is 0.526. The van der Waals surface area contributed by atoms with E-state index in [2.05, 4.69) is 20.5 Å². The summed E-state index contributed by atoms with van der Waals surface area (Å²) in [7, 11) is 1.73. The van der Waals surface area contributed by atoms with E-state index in [1.807, 2.05) is 32.9 Å². The third-order valence-electron chi connectivity index (χ3n) is 4.11. The summed E-state index contributed by atoms with van der Waals surface area (Å²) in [5, 5.41) is 6.21. The number of halogens is 1. The molecule has 1 fully saturated rings. The average molecular weight is 503 g/mol. The summed E-state index contributed by atoms with van der Waals surface area (Å²) in [6.07, 6.45) is 0.430. The van der Waals surface area contributed by atoms with Crippen molar-refractivity contribution in [2.75, 3.05) is 20.1 Å². The van der Waals surface area contributed by atoms with Gasteiger partial charge in [-0.25, -0.2) is 4.79 Å². The first-order valence-corrected chi connectivity index (χ1v) is 9.02. The number of guanidine groups is 1. The van der Waals surface area contributed by atoms with Crippen molar-refractivity contribution in [3.63, 3.8) is 0 Å². The molecule has 9 heteroatoms. The summed E-state index contributed by atoms with van der Waals surface area (Å²) in [4.78, 5) is 29.5. The van der Waals surface area contributed by atoms with Crippen molar-refractivity contribution in [3.05, 3.63) is 35.4 Å². The molecule has 1 aromatic rings. The molecule has 1 aliphatic rings. The van der Waals surface area contributed by atoms with Crippen molar-refractivity contribution in [2.45, 2.75) is 45.4 Å². The predicted molar refractivity (Wildman–Crippen MR) is 120 cm³/mol. The van der Waals surface area contributed by atoms with E-state index >= 15 is 0 Å². The molecule has 1 atom stereocenters. The summed E-state index contributed by atoms with van der Waals surface area (Å²) in [6, 6.07) is 7.15. The molecule has 1 heterocycles.